The summed E-state index contributed by atoms with van der Waals surface area (Å²) in [5.41, 5.74) is 1.27. The fraction of sp³-hybridized carbons (Fsp3) is 0.357. The number of phenolic OH excluding ortho intramolecular Hbond substituents is 1. The van der Waals surface area contributed by atoms with E-state index in [-0.39, 0.29) is 35.4 Å². The van der Waals surface area contributed by atoms with E-state index < -0.39 is 35.4 Å². The van der Waals surface area contributed by atoms with Gasteiger partial charge in [-0.1, -0.05) is 6.07 Å². The fourth-order valence-corrected chi connectivity index (χ4v) is 5.51. The van der Waals surface area contributed by atoms with Crippen LogP contribution < -0.4 is 10.2 Å². The molecule has 9 heteroatoms. The van der Waals surface area contributed by atoms with Crippen LogP contribution in [-0.2, 0) is 6.42 Å². The van der Waals surface area contributed by atoms with Crippen molar-refractivity contribution in [1.29, 1.82) is 0 Å². The van der Waals surface area contributed by atoms with Crippen molar-refractivity contribution >= 4 is 11.4 Å². The Morgan fingerprint density at radius 2 is 1.68 bits per heavy atom. The Labute approximate surface area is 212 Å². The molecule has 0 radical (unpaired) electrons. The molecule has 1 unspecified atom stereocenters. The Bertz CT molecular complexity index is 1270. The zero-order chi connectivity index (χ0) is 26.3. The Balaban J connectivity index is 1.52. The third-order valence-electron chi connectivity index (χ3n) is 7.17. The number of hydrogen-bond donors (Lipinski definition) is 2. The predicted octanol–water partition coefficient (Wildman–Crippen LogP) is 5.94. The Hall–Kier alpha value is -3.33. The van der Waals surface area contributed by atoms with Gasteiger partial charge in [-0.25, -0.2) is 17.6 Å². The number of fused-ring (bicyclic) bond motifs is 1. The lowest BCUT2D eigenvalue weighted by Gasteiger charge is -2.44. The highest BCUT2D eigenvalue weighted by atomic mass is 19.1. The van der Waals surface area contributed by atoms with E-state index in [0.29, 0.717) is 43.6 Å². The van der Waals surface area contributed by atoms with Gasteiger partial charge in [0, 0.05) is 37.4 Å². The molecule has 37 heavy (non-hydrogen) atoms. The summed E-state index contributed by atoms with van der Waals surface area (Å²) in [6.45, 7) is 3.35. The van der Waals surface area contributed by atoms with Gasteiger partial charge < -0.3 is 15.3 Å². The summed E-state index contributed by atoms with van der Waals surface area (Å²) in [5.74, 6) is -3.17. The van der Waals surface area contributed by atoms with Crippen LogP contribution in [0.5, 0.6) is 5.75 Å². The maximum Gasteiger partial charge on any atom is 0.149 e. The van der Waals surface area contributed by atoms with Gasteiger partial charge in [0.05, 0.1) is 30.0 Å². The molecule has 5 rings (SSSR count). The van der Waals surface area contributed by atoms with Crippen LogP contribution in [0.15, 0.2) is 48.5 Å². The summed E-state index contributed by atoms with van der Waals surface area (Å²) in [5, 5.41) is 13.1. The normalized spacial score (nSPS) is 20.0. The third kappa shape index (κ3) is 4.97. The highest BCUT2D eigenvalue weighted by molar-refractivity contribution is 5.60. The summed E-state index contributed by atoms with van der Waals surface area (Å²) >= 11 is 0. The van der Waals surface area contributed by atoms with Gasteiger partial charge in [-0.2, -0.15) is 0 Å². The maximum atomic E-state index is 15.7. The number of halogens is 5. The van der Waals surface area contributed by atoms with Crippen LogP contribution in [0.1, 0.15) is 36.1 Å². The second kappa shape index (κ2) is 10.2. The molecule has 2 aliphatic heterocycles. The molecule has 3 aromatic carbocycles. The van der Waals surface area contributed by atoms with Crippen LogP contribution in [-0.4, -0.2) is 48.4 Å². The van der Waals surface area contributed by atoms with Gasteiger partial charge in [0.15, 0.2) is 0 Å². The first-order valence-electron chi connectivity index (χ1n) is 12.3. The molecular weight excluding hydrogens is 489 g/mol. The molecule has 0 spiro atoms. The first-order chi connectivity index (χ1) is 17.7. The fourth-order valence-electron chi connectivity index (χ4n) is 5.51. The molecule has 0 saturated carbocycles. The monoisotopic (exact) mass is 517 g/mol. The van der Waals surface area contributed by atoms with Gasteiger partial charge in [-0.3, -0.25) is 9.29 Å². The summed E-state index contributed by atoms with van der Waals surface area (Å²) in [6.07, 6.45) is 0.843. The number of benzene rings is 3. The molecular formula is C28H28F5N3O. The summed E-state index contributed by atoms with van der Waals surface area (Å²) in [4.78, 5) is 3.63. The zero-order valence-corrected chi connectivity index (χ0v) is 20.3. The van der Waals surface area contributed by atoms with E-state index in [1.54, 1.807) is 24.0 Å². The minimum absolute atomic E-state index is 0.00697. The van der Waals surface area contributed by atoms with Crippen molar-refractivity contribution < 1.29 is 27.1 Å². The molecule has 1 fully saturated rings. The van der Waals surface area contributed by atoms with Crippen LogP contribution in [0.4, 0.5) is 33.3 Å². The molecule has 0 bridgehead atoms. The molecule has 196 valence electrons. The van der Waals surface area contributed by atoms with E-state index in [9.17, 15) is 18.3 Å². The number of nitrogens with one attached hydrogen (secondary N) is 1. The highest BCUT2D eigenvalue weighted by Crippen LogP contribution is 2.44. The molecule has 0 amide bonds. The Morgan fingerprint density at radius 3 is 2.35 bits per heavy atom. The number of anilines is 2. The zero-order valence-electron chi connectivity index (χ0n) is 20.3. The number of likely N-dealkylation sites (tertiary alicyclic amines) is 1. The van der Waals surface area contributed by atoms with Crippen LogP contribution in [0.25, 0.3) is 0 Å². The Morgan fingerprint density at radius 1 is 0.946 bits per heavy atom. The first-order valence-corrected chi connectivity index (χ1v) is 12.3. The van der Waals surface area contributed by atoms with E-state index in [2.05, 4.69) is 10.2 Å². The largest absolute Gasteiger partial charge is 0.508 e. The van der Waals surface area contributed by atoms with E-state index in [0.717, 1.165) is 12.1 Å². The lowest BCUT2D eigenvalue weighted by Crippen LogP contribution is -2.54. The summed E-state index contributed by atoms with van der Waals surface area (Å²) < 4.78 is 72.4. The highest BCUT2D eigenvalue weighted by Gasteiger charge is 2.38. The number of nitrogens with zero attached hydrogens (tertiary/aromatic N) is 2. The topological polar surface area (TPSA) is 38.7 Å². The molecule has 4 nitrogen and oxygen atoms in total. The van der Waals surface area contributed by atoms with Crippen molar-refractivity contribution in [2.45, 2.75) is 37.9 Å². The molecule has 1 saturated heterocycles. The van der Waals surface area contributed by atoms with Gasteiger partial charge in [0.1, 0.15) is 29.0 Å². The third-order valence-corrected chi connectivity index (χ3v) is 7.17. The molecule has 0 aromatic heterocycles. The van der Waals surface area contributed by atoms with Crippen molar-refractivity contribution in [2.75, 3.05) is 36.5 Å². The van der Waals surface area contributed by atoms with Crippen molar-refractivity contribution in [3.8, 4) is 5.75 Å². The van der Waals surface area contributed by atoms with Crippen LogP contribution in [0.2, 0.25) is 0 Å². The average molecular weight is 518 g/mol. The number of alkyl halides is 1. The summed E-state index contributed by atoms with van der Waals surface area (Å²) in [7, 11) is 0. The van der Waals surface area contributed by atoms with Gasteiger partial charge in [-0.15, -0.1) is 0 Å². The van der Waals surface area contributed by atoms with Gasteiger partial charge >= 0.3 is 0 Å². The average Bonchev–Trinajstić information content (AvgIpc) is 2.80. The van der Waals surface area contributed by atoms with E-state index in [1.165, 1.54) is 24.3 Å². The quantitative estimate of drug-likeness (QED) is 0.381. The molecule has 3 aromatic rings. The second-order valence-corrected chi connectivity index (χ2v) is 9.84. The minimum atomic E-state index is -1.05. The summed E-state index contributed by atoms with van der Waals surface area (Å²) in [6, 6.07) is 8.68. The van der Waals surface area contributed by atoms with Crippen molar-refractivity contribution in [2.24, 2.45) is 0 Å². The Kier molecular flexibility index (Phi) is 6.98. The van der Waals surface area contributed by atoms with Crippen LogP contribution in [0.3, 0.4) is 0 Å². The molecule has 0 aliphatic carbocycles. The second-order valence-electron chi connectivity index (χ2n) is 9.84. The van der Waals surface area contributed by atoms with Crippen molar-refractivity contribution in [3.63, 3.8) is 0 Å². The lowest BCUT2D eigenvalue weighted by atomic mass is 9.84. The number of rotatable bonds is 7. The molecule has 2 aliphatic rings. The maximum absolute atomic E-state index is 15.7. The minimum Gasteiger partial charge on any atom is -0.508 e. The van der Waals surface area contributed by atoms with E-state index >= 15 is 8.78 Å². The standard InChI is InChI=1S/C28H28F5N3O/c1-16-9-17-10-21(37)4-5-22(17)28(36(16)26-6-3-18(30)11-23(26)31)27-24(32)12-19(13-25(27)33)34-20-14-35(15-20)8-2-7-29/h3-6,10-13,16,20,28,34,37H,2,7-9,14-15H2,1H3/t16-,28?/m1/s1. The van der Waals surface area contributed by atoms with Crippen molar-refractivity contribution in [3.05, 3.63) is 88.5 Å². The number of aromatic hydroxyl groups is 1. The number of phenols is 1. The first kappa shape index (κ1) is 25.3. The molecule has 2 N–H and O–H groups in total. The van der Waals surface area contributed by atoms with Gasteiger partial charge in [0.25, 0.3) is 0 Å². The van der Waals surface area contributed by atoms with Crippen LogP contribution in [0, 0.1) is 23.3 Å². The van der Waals surface area contributed by atoms with Gasteiger partial charge in [-0.05, 0) is 67.3 Å². The van der Waals surface area contributed by atoms with E-state index in [4.69, 9.17) is 0 Å². The smallest absolute Gasteiger partial charge is 0.149 e. The van der Waals surface area contributed by atoms with Crippen molar-refractivity contribution in [1.82, 2.24) is 4.90 Å². The molecule has 2 heterocycles. The predicted molar refractivity (Wildman–Crippen MR) is 133 cm³/mol. The van der Waals surface area contributed by atoms with E-state index in [1.807, 2.05) is 0 Å². The van der Waals surface area contributed by atoms with Gasteiger partial charge in [0.2, 0.25) is 0 Å². The molecule has 2 atom stereocenters. The van der Waals surface area contributed by atoms with Crippen LogP contribution >= 0.6 is 0 Å². The SMILES string of the molecule is C[C@@H]1Cc2cc(O)ccc2C(c2c(F)cc(NC3CN(CCCF)C3)cc2F)N1c1ccc(F)cc1F. The lowest BCUT2D eigenvalue weighted by molar-refractivity contribution is 0.155. The number of hydrogen-bond acceptors (Lipinski definition) is 4.